The van der Waals surface area contributed by atoms with Gasteiger partial charge in [0, 0.05) is 5.56 Å². The lowest BCUT2D eigenvalue weighted by molar-refractivity contribution is 0.233. The second-order valence-electron chi connectivity index (χ2n) is 2.80. The molecule has 0 amide bonds. The van der Waals surface area contributed by atoms with Crippen LogP contribution in [0.1, 0.15) is 5.56 Å². The molecular weight excluding hydrogens is 269 g/mol. The van der Waals surface area contributed by atoms with Crippen LogP contribution in [0.2, 0.25) is 5.02 Å². The standard InChI is InChI=1S/C8H6ClF3O3S/c9-7-4(3-13)6(2-1-5(7)10)16(14,15)8(11)12/h1-2,8,13H,3H2. The monoisotopic (exact) mass is 274 g/mol. The Hall–Kier alpha value is -0.790. The van der Waals surface area contributed by atoms with Gasteiger partial charge in [0.15, 0.2) is 0 Å². The highest BCUT2D eigenvalue weighted by molar-refractivity contribution is 7.91. The number of hydrogen-bond acceptors (Lipinski definition) is 3. The van der Waals surface area contributed by atoms with Crippen molar-refractivity contribution in [1.82, 2.24) is 0 Å². The van der Waals surface area contributed by atoms with Gasteiger partial charge >= 0.3 is 5.76 Å². The maximum absolute atomic E-state index is 12.9. The zero-order chi connectivity index (χ0) is 12.5. The van der Waals surface area contributed by atoms with E-state index in [1.165, 1.54) is 0 Å². The van der Waals surface area contributed by atoms with Gasteiger partial charge in [-0.25, -0.2) is 12.8 Å². The van der Waals surface area contributed by atoms with Crippen molar-refractivity contribution in [2.24, 2.45) is 0 Å². The van der Waals surface area contributed by atoms with Crippen LogP contribution in [-0.4, -0.2) is 19.3 Å². The molecule has 16 heavy (non-hydrogen) atoms. The Bertz CT molecular complexity index is 501. The Labute approximate surface area is 94.4 Å². The smallest absolute Gasteiger partial charge is 0.341 e. The molecule has 1 aromatic rings. The number of sulfone groups is 1. The summed E-state index contributed by atoms with van der Waals surface area (Å²) in [6, 6.07) is 1.30. The minimum Gasteiger partial charge on any atom is -0.392 e. The fraction of sp³-hybridized carbons (Fsp3) is 0.250. The van der Waals surface area contributed by atoms with Crippen molar-refractivity contribution in [1.29, 1.82) is 0 Å². The van der Waals surface area contributed by atoms with Crippen molar-refractivity contribution < 1.29 is 26.7 Å². The van der Waals surface area contributed by atoms with E-state index in [2.05, 4.69) is 0 Å². The van der Waals surface area contributed by atoms with Gasteiger partial charge in [0.2, 0.25) is 9.84 Å². The highest BCUT2D eigenvalue weighted by Crippen LogP contribution is 2.29. The summed E-state index contributed by atoms with van der Waals surface area (Å²) in [5.74, 6) is -4.64. The van der Waals surface area contributed by atoms with E-state index in [1.54, 1.807) is 0 Å². The third kappa shape index (κ3) is 2.16. The van der Waals surface area contributed by atoms with Crippen molar-refractivity contribution in [2.45, 2.75) is 17.3 Å². The summed E-state index contributed by atoms with van der Waals surface area (Å²) >= 11 is 5.36. The fourth-order valence-electron chi connectivity index (χ4n) is 1.08. The molecule has 0 saturated carbocycles. The summed E-state index contributed by atoms with van der Waals surface area (Å²) in [4.78, 5) is -0.864. The molecule has 0 aliphatic rings. The molecule has 3 nitrogen and oxygen atoms in total. The molecule has 0 unspecified atom stereocenters. The van der Waals surface area contributed by atoms with Gasteiger partial charge in [-0.1, -0.05) is 11.6 Å². The fourth-order valence-corrected chi connectivity index (χ4v) is 2.33. The van der Waals surface area contributed by atoms with E-state index >= 15 is 0 Å². The molecule has 1 rings (SSSR count). The molecule has 90 valence electrons. The molecule has 0 aliphatic heterocycles. The van der Waals surface area contributed by atoms with Gasteiger partial charge in [0.25, 0.3) is 0 Å². The van der Waals surface area contributed by atoms with Gasteiger partial charge in [-0.05, 0) is 12.1 Å². The summed E-state index contributed by atoms with van der Waals surface area (Å²) in [7, 11) is -4.90. The number of aliphatic hydroxyl groups is 1. The Morgan fingerprint density at radius 1 is 1.38 bits per heavy atom. The summed E-state index contributed by atoms with van der Waals surface area (Å²) < 4.78 is 59.7. The number of hydrogen-bond donors (Lipinski definition) is 1. The van der Waals surface area contributed by atoms with Crippen LogP contribution in [0.4, 0.5) is 13.2 Å². The first-order valence-corrected chi connectivity index (χ1v) is 5.84. The average Bonchev–Trinajstić information content (AvgIpc) is 2.21. The summed E-state index contributed by atoms with van der Waals surface area (Å²) in [6.45, 7) is -0.947. The normalized spacial score (nSPS) is 12.1. The second kappa shape index (κ2) is 4.60. The van der Waals surface area contributed by atoms with E-state index in [0.29, 0.717) is 12.1 Å². The van der Waals surface area contributed by atoms with E-state index in [4.69, 9.17) is 16.7 Å². The topological polar surface area (TPSA) is 54.4 Å². The van der Waals surface area contributed by atoms with Crippen molar-refractivity contribution in [3.8, 4) is 0 Å². The van der Waals surface area contributed by atoms with Crippen LogP contribution in [0.5, 0.6) is 0 Å². The van der Waals surface area contributed by atoms with E-state index in [-0.39, 0.29) is 0 Å². The number of alkyl halides is 2. The lowest BCUT2D eigenvalue weighted by atomic mass is 10.2. The van der Waals surface area contributed by atoms with Gasteiger partial charge in [0.1, 0.15) is 5.82 Å². The molecule has 0 aromatic heterocycles. The van der Waals surface area contributed by atoms with Crippen molar-refractivity contribution in [3.63, 3.8) is 0 Å². The predicted octanol–water partition coefficient (Wildman–Crippen LogP) is 1.97. The number of rotatable bonds is 3. The quantitative estimate of drug-likeness (QED) is 0.858. The van der Waals surface area contributed by atoms with E-state index in [1.807, 2.05) is 0 Å². The Kier molecular flexibility index (Phi) is 3.82. The highest BCUT2D eigenvalue weighted by atomic mass is 35.5. The molecule has 0 aliphatic carbocycles. The predicted molar refractivity (Wildman–Crippen MR) is 50.5 cm³/mol. The molecule has 8 heteroatoms. The maximum Gasteiger partial charge on any atom is 0.341 e. The molecule has 0 fully saturated rings. The lowest BCUT2D eigenvalue weighted by Gasteiger charge is -2.10. The highest BCUT2D eigenvalue weighted by Gasteiger charge is 2.30. The minimum absolute atomic E-state index is 0.568. The van der Waals surface area contributed by atoms with Crippen molar-refractivity contribution in [3.05, 3.63) is 28.5 Å². The van der Waals surface area contributed by atoms with Crippen LogP contribution in [0.15, 0.2) is 17.0 Å². The van der Waals surface area contributed by atoms with Crippen LogP contribution >= 0.6 is 11.6 Å². The third-order valence-electron chi connectivity index (χ3n) is 1.85. The van der Waals surface area contributed by atoms with Gasteiger partial charge in [-0.15, -0.1) is 0 Å². The van der Waals surface area contributed by atoms with Crippen molar-refractivity contribution >= 4 is 21.4 Å². The van der Waals surface area contributed by atoms with Crippen LogP contribution in [0, 0.1) is 5.82 Å². The molecular formula is C8H6ClF3O3S. The Morgan fingerprint density at radius 2 is 1.94 bits per heavy atom. The molecule has 0 spiro atoms. The van der Waals surface area contributed by atoms with Crippen molar-refractivity contribution in [2.75, 3.05) is 0 Å². The van der Waals surface area contributed by atoms with Crippen LogP contribution in [0.25, 0.3) is 0 Å². The summed E-state index contributed by atoms with van der Waals surface area (Å²) in [6.07, 6.45) is 0. The average molecular weight is 275 g/mol. The third-order valence-corrected chi connectivity index (χ3v) is 3.73. The number of halogens is 4. The van der Waals surface area contributed by atoms with Crippen LogP contribution in [0.3, 0.4) is 0 Å². The Morgan fingerprint density at radius 3 is 2.38 bits per heavy atom. The minimum atomic E-state index is -4.90. The molecule has 0 saturated heterocycles. The second-order valence-corrected chi connectivity index (χ2v) is 5.07. The zero-order valence-electron chi connectivity index (χ0n) is 7.62. The molecule has 0 bridgehead atoms. The first-order chi connectivity index (χ1) is 7.32. The SMILES string of the molecule is O=S(=O)(c1ccc(F)c(Cl)c1CO)C(F)F. The Balaban J connectivity index is 3.53. The van der Waals surface area contributed by atoms with Gasteiger partial charge in [-0.3, -0.25) is 0 Å². The van der Waals surface area contributed by atoms with Crippen LogP contribution < -0.4 is 0 Å². The van der Waals surface area contributed by atoms with Gasteiger partial charge < -0.3 is 5.11 Å². The lowest BCUT2D eigenvalue weighted by Crippen LogP contribution is -2.14. The van der Waals surface area contributed by atoms with Crippen LogP contribution in [-0.2, 0) is 16.4 Å². The van der Waals surface area contributed by atoms with E-state index < -0.39 is 43.5 Å². The zero-order valence-corrected chi connectivity index (χ0v) is 9.20. The van der Waals surface area contributed by atoms with Gasteiger partial charge in [-0.2, -0.15) is 8.78 Å². The molecule has 0 heterocycles. The maximum atomic E-state index is 12.9. The molecule has 1 N–H and O–H groups in total. The number of aliphatic hydroxyl groups excluding tert-OH is 1. The molecule has 1 aromatic carbocycles. The first-order valence-electron chi connectivity index (χ1n) is 3.92. The van der Waals surface area contributed by atoms with E-state index in [0.717, 1.165) is 0 Å². The molecule has 0 atom stereocenters. The molecule has 0 radical (unpaired) electrons. The largest absolute Gasteiger partial charge is 0.392 e. The van der Waals surface area contributed by atoms with Gasteiger partial charge in [0.05, 0.1) is 16.5 Å². The summed E-state index contributed by atoms with van der Waals surface area (Å²) in [5, 5.41) is 8.13. The summed E-state index contributed by atoms with van der Waals surface area (Å²) in [5.41, 5.74) is -0.568. The number of benzene rings is 1. The first kappa shape index (κ1) is 13.3. The van der Waals surface area contributed by atoms with E-state index in [9.17, 15) is 21.6 Å².